The molecule has 0 unspecified atom stereocenters. The lowest BCUT2D eigenvalue weighted by atomic mass is 9.87. The summed E-state index contributed by atoms with van der Waals surface area (Å²) < 4.78 is 10.5. The van der Waals surface area contributed by atoms with Crippen LogP contribution in [0.1, 0.15) is 11.6 Å². The van der Waals surface area contributed by atoms with Gasteiger partial charge in [0, 0.05) is 11.3 Å². The van der Waals surface area contributed by atoms with Crippen LogP contribution in [0.15, 0.2) is 54.7 Å². The predicted octanol–water partition coefficient (Wildman–Crippen LogP) is 2.70. The number of hydrogen-bond acceptors (Lipinski definition) is 5. The number of anilines is 1. The molecule has 28 heavy (non-hydrogen) atoms. The van der Waals surface area contributed by atoms with Gasteiger partial charge in [0.2, 0.25) is 5.91 Å². The lowest BCUT2D eigenvalue weighted by molar-refractivity contribution is -0.119. The number of amides is 1. The van der Waals surface area contributed by atoms with Gasteiger partial charge in [-0.1, -0.05) is 30.8 Å². The average Bonchev–Trinajstić information content (AvgIpc) is 2.67. The zero-order valence-corrected chi connectivity index (χ0v) is 16.3. The van der Waals surface area contributed by atoms with Gasteiger partial charge in [-0.3, -0.25) is 4.79 Å². The molecule has 0 spiro atoms. The molecule has 0 saturated carbocycles. The minimum absolute atomic E-state index is 0.0601. The first kappa shape index (κ1) is 19.5. The molecule has 8 heteroatoms. The lowest BCUT2D eigenvalue weighted by Gasteiger charge is -2.35. The molecular formula is C20H21N3O4S. The largest absolute Gasteiger partial charge is 0.504 e. The van der Waals surface area contributed by atoms with E-state index in [0.717, 1.165) is 0 Å². The Bertz CT molecular complexity index is 931. The molecule has 1 fully saturated rings. The highest BCUT2D eigenvalue weighted by Crippen LogP contribution is 2.39. The van der Waals surface area contributed by atoms with Crippen molar-refractivity contribution in [3.63, 3.8) is 0 Å². The van der Waals surface area contributed by atoms with Crippen molar-refractivity contribution in [2.24, 2.45) is 5.92 Å². The number of aromatic hydroxyl groups is 1. The highest BCUT2D eigenvalue weighted by atomic mass is 32.1. The maximum absolute atomic E-state index is 13.1. The Morgan fingerprint density at radius 2 is 1.82 bits per heavy atom. The van der Waals surface area contributed by atoms with Crippen LogP contribution in [0.5, 0.6) is 17.2 Å². The standard InChI is InChI=1S/C20H21N3O4S/c1-11-16(19(25)22-13-8-4-5-9-14(13)26-2)17(23-20(28)21-11)12-7-6-10-15(27-3)18(12)24/h4-10,16-17,24H,1H2,2-3H3,(H,22,25)(H2,21,23,28)/t16-,17+/m1/s1. The van der Waals surface area contributed by atoms with E-state index in [0.29, 0.717) is 33.6 Å². The molecule has 1 aliphatic heterocycles. The quantitative estimate of drug-likeness (QED) is 0.575. The number of para-hydroxylation sites is 3. The van der Waals surface area contributed by atoms with Crippen molar-refractivity contribution >= 4 is 28.9 Å². The number of carbonyl (C=O) groups excluding carboxylic acids is 1. The molecular weight excluding hydrogens is 378 g/mol. The molecule has 3 rings (SSSR count). The average molecular weight is 399 g/mol. The zero-order valence-electron chi connectivity index (χ0n) is 15.5. The number of benzene rings is 2. The summed E-state index contributed by atoms with van der Waals surface area (Å²) in [7, 11) is 2.99. The molecule has 1 amide bonds. The fraction of sp³-hybridized carbons (Fsp3) is 0.200. The van der Waals surface area contributed by atoms with E-state index in [1.54, 1.807) is 36.4 Å². The van der Waals surface area contributed by atoms with Crippen LogP contribution in [0.2, 0.25) is 0 Å². The molecule has 1 aliphatic rings. The topological polar surface area (TPSA) is 91.9 Å². The summed E-state index contributed by atoms with van der Waals surface area (Å²) in [6, 6.07) is 11.5. The van der Waals surface area contributed by atoms with Crippen molar-refractivity contribution < 1.29 is 19.4 Å². The van der Waals surface area contributed by atoms with E-state index >= 15 is 0 Å². The Morgan fingerprint density at radius 1 is 1.14 bits per heavy atom. The number of ether oxygens (including phenoxy) is 2. The van der Waals surface area contributed by atoms with Crippen molar-refractivity contribution in [2.75, 3.05) is 19.5 Å². The second kappa shape index (κ2) is 8.18. The van der Waals surface area contributed by atoms with Crippen LogP contribution in [0.3, 0.4) is 0 Å². The third kappa shape index (κ3) is 3.72. The minimum atomic E-state index is -0.755. The van der Waals surface area contributed by atoms with Crippen molar-refractivity contribution in [3.05, 3.63) is 60.3 Å². The highest BCUT2D eigenvalue weighted by molar-refractivity contribution is 7.80. The first-order chi connectivity index (χ1) is 13.5. The third-order valence-electron chi connectivity index (χ3n) is 4.50. The van der Waals surface area contributed by atoms with Gasteiger partial charge < -0.3 is 30.5 Å². The smallest absolute Gasteiger partial charge is 0.235 e. The molecule has 0 bridgehead atoms. The molecule has 4 N–H and O–H groups in total. The number of phenolic OH excluding ortho intramolecular Hbond substituents is 1. The van der Waals surface area contributed by atoms with Crippen LogP contribution >= 0.6 is 12.2 Å². The number of thiocarbonyl (C=S) groups is 1. The Kier molecular flexibility index (Phi) is 5.70. The van der Waals surface area contributed by atoms with Crippen molar-refractivity contribution in [1.29, 1.82) is 0 Å². The van der Waals surface area contributed by atoms with E-state index < -0.39 is 12.0 Å². The second-order valence-corrected chi connectivity index (χ2v) is 6.57. The summed E-state index contributed by atoms with van der Waals surface area (Å²) in [6.45, 7) is 3.96. The van der Waals surface area contributed by atoms with Gasteiger partial charge in [0.05, 0.1) is 25.9 Å². The summed E-state index contributed by atoms with van der Waals surface area (Å²) >= 11 is 5.23. The van der Waals surface area contributed by atoms with Crippen LogP contribution in [-0.4, -0.2) is 30.3 Å². The number of nitrogens with one attached hydrogen (secondary N) is 3. The monoisotopic (exact) mass is 399 g/mol. The maximum atomic E-state index is 13.1. The highest BCUT2D eigenvalue weighted by Gasteiger charge is 2.38. The molecule has 2 atom stereocenters. The van der Waals surface area contributed by atoms with Crippen LogP contribution in [0.25, 0.3) is 0 Å². The summed E-state index contributed by atoms with van der Waals surface area (Å²) in [5.74, 6) is -0.304. The normalized spacial score (nSPS) is 18.6. The van der Waals surface area contributed by atoms with Crippen LogP contribution in [0.4, 0.5) is 5.69 Å². The van der Waals surface area contributed by atoms with Crippen molar-refractivity contribution in [2.45, 2.75) is 6.04 Å². The molecule has 0 aromatic heterocycles. The first-order valence-corrected chi connectivity index (χ1v) is 8.93. The maximum Gasteiger partial charge on any atom is 0.235 e. The van der Waals surface area contributed by atoms with E-state index in [9.17, 15) is 9.90 Å². The Balaban J connectivity index is 1.97. The minimum Gasteiger partial charge on any atom is -0.504 e. The van der Waals surface area contributed by atoms with Crippen LogP contribution in [-0.2, 0) is 4.79 Å². The molecule has 1 heterocycles. The third-order valence-corrected chi connectivity index (χ3v) is 4.72. The first-order valence-electron chi connectivity index (χ1n) is 8.52. The number of phenols is 1. The van der Waals surface area contributed by atoms with E-state index in [2.05, 4.69) is 22.5 Å². The summed E-state index contributed by atoms with van der Waals surface area (Å²) in [5.41, 5.74) is 1.43. The molecule has 2 aromatic rings. The van der Waals surface area contributed by atoms with E-state index in [4.69, 9.17) is 21.7 Å². The van der Waals surface area contributed by atoms with Gasteiger partial charge in [0.25, 0.3) is 0 Å². The Hall–Kier alpha value is -3.26. The molecule has 1 saturated heterocycles. The van der Waals surface area contributed by atoms with E-state index in [1.807, 2.05) is 6.07 Å². The molecule has 0 aliphatic carbocycles. The van der Waals surface area contributed by atoms with Crippen LogP contribution in [0, 0.1) is 5.92 Å². The van der Waals surface area contributed by atoms with Gasteiger partial charge in [-0.15, -0.1) is 0 Å². The van der Waals surface area contributed by atoms with Crippen molar-refractivity contribution in [3.8, 4) is 17.2 Å². The van der Waals surface area contributed by atoms with Crippen LogP contribution < -0.4 is 25.4 Å². The van der Waals surface area contributed by atoms with Gasteiger partial charge in [-0.05, 0) is 30.4 Å². The number of carbonyl (C=O) groups is 1. The second-order valence-electron chi connectivity index (χ2n) is 6.17. The summed E-state index contributed by atoms with van der Waals surface area (Å²) in [6.07, 6.45) is 0. The predicted molar refractivity (Wildman–Crippen MR) is 111 cm³/mol. The van der Waals surface area contributed by atoms with Gasteiger partial charge in [0.15, 0.2) is 16.6 Å². The number of methoxy groups -OCH3 is 2. The SMILES string of the molecule is C=C1NC(=S)N[C@@H](c2cccc(OC)c2O)[C@@H]1C(=O)Nc1ccccc1OC. The number of hydrogen-bond donors (Lipinski definition) is 4. The molecule has 7 nitrogen and oxygen atoms in total. The summed E-state index contributed by atoms with van der Waals surface area (Å²) in [5, 5.41) is 19.7. The zero-order chi connectivity index (χ0) is 20.3. The Labute approximate surface area is 168 Å². The van der Waals surface area contributed by atoms with Gasteiger partial charge in [-0.25, -0.2) is 0 Å². The fourth-order valence-corrected chi connectivity index (χ4v) is 3.42. The van der Waals surface area contributed by atoms with Gasteiger partial charge >= 0.3 is 0 Å². The molecule has 2 aromatic carbocycles. The number of rotatable bonds is 5. The Morgan fingerprint density at radius 3 is 2.54 bits per heavy atom. The van der Waals surface area contributed by atoms with Gasteiger partial charge in [0.1, 0.15) is 11.7 Å². The van der Waals surface area contributed by atoms with E-state index in [1.165, 1.54) is 14.2 Å². The summed E-state index contributed by atoms with van der Waals surface area (Å²) in [4.78, 5) is 13.1. The van der Waals surface area contributed by atoms with Gasteiger partial charge in [-0.2, -0.15) is 0 Å². The lowest BCUT2D eigenvalue weighted by Crippen LogP contribution is -2.51. The van der Waals surface area contributed by atoms with E-state index in [-0.39, 0.29) is 11.7 Å². The molecule has 0 radical (unpaired) electrons. The fourth-order valence-electron chi connectivity index (χ4n) is 3.17. The van der Waals surface area contributed by atoms with Crippen molar-refractivity contribution in [1.82, 2.24) is 10.6 Å². The molecule has 146 valence electrons.